The standard InChI is InChI=1S/C14H19FN2.ClH/c1-3-17(4-2)8-7-11-10-16-14-9-12(15)5-6-13(11)14;/h5-6,9-10,16H,3-4,7-8H2,1-2H3;1H. The molecule has 0 amide bonds. The summed E-state index contributed by atoms with van der Waals surface area (Å²) in [6.45, 7) is 7.56. The maximum Gasteiger partial charge on any atom is 0.125 e. The van der Waals surface area contributed by atoms with E-state index in [4.69, 9.17) is 0 Å². The van der Waals surface area contributed by atoms with Gasteiger partial charge in [-0.15, -0.1) is 12.4 Å². The van der Waals surface area contributed by atoms with Crippen LogP contribution in [0, 0.1) is 5.82 Å². The number of aromatic nitrogens is 1. The second kappa shape index (κ2) is 6.76. The molecular formula is C14H20ClFN2. The van der Waals surface area contributed by atoms with Crippen molar-refractivity contribution in [2.45, 2.75) is 20.3 Å². The Morgan fingerprint density at radius 2 is 1.94 bits per heavy atom. The number of hydrogen-bond acceptors (Lipinski definition) is 1. The Bertz CT molecular complexity index is 491. The highest BCUT2D eigenvalue weighted by Crippen LogP contribution is 2.19. The summed E-state index contributed by atoms with van der Waals surface area (Å²) in [5, 5.41) is 1.14. The summed E-state index contributed by atoms with van der Waals surface area (Å²) in [6, 6.07) is 4.94. The van der Waals surface area contributed by atoms with Crippen molar-refractivity contribution < 1.29 is 4.39 Å². The Morgan fingerprint density at radius 3 is 2.61 bits per heavy atom. The first kappa shape index (κ1) is 15.0. The topological polar surface area (TPSA) is 19.0 Å². The van der Waals surface area contributed by atoms with Crippen LogP contribution >= 0.6 is 12.4 Å². The van der Waals surface area contributed by atoms with Gasteiger partial charge in [0.15, 0.2) is 0 Å². The molecule has 0 spiro atoms. The van der Waals surface area contributed by atoms with Gasteiger partial charge in [0.05, 0.1) is 0 Å². The lowest BCUT2D eigenvalue weighted by Gasteiger charge is -2.17. The number of benzene rings is 1. The van der Waals surface area contributed by atoms with Crippen molar-refractivity contribution in [1.82, 2.24) is 9.88 Å². The van der Waals surface area contributed by atoms with E-state index < -0.39 is 0 Å². The maximum absolute atomic E-state index is 13.0. The lowest BCUT2D eigenvalue weighted by atomic mass is 10.1. The van der Waals surface area contributed by atoms with E-state index in [0.29, 0.717) is 0 Å². The number of nitrogens with one attached hydrogen (secondary N) is 1. The molecule has 0 atom stereocenters. The normalized spacial score (nSPS) is 10.9. The zero-order chi connectivity index (χ0) is 12.3. The van der Waals surface area contributed by atoms with Gasteiger partial charge in [0.25, 0.3) is 0 Å². The predicted molar refractivity (Wildman–Crippen MR) is 77.0 cm³/mol. The molecule has 0 radical (unpaired) electrons. The van der Waals surface area contributed by atoms with Crippen molar-refractivity contribution in [2.24, 2.45) is 0 Å². The van der Waals surface area contributed by atoms with E-state index in [0.717, 1.165) is 37.0 Å². The van der Waals surface area contributed by atoms with E-state index in [-0.39, 0.29) is 18.2 Å². The number of fused-ring (bicyclic) bond motifs is 1. The van der Waals surface area contributed by atoms with E-state index in [1.165, 1.54) is 11.6 Å². The van der Waals surface area contributed by atoms with Gasteiger partial charge in [-0.05, 0) is 43.3 Å². The summed E-state index contributed by atoms with van der Waals surface area (Å²) >= 11 is 0. The third-order valence-electron chi connectivity index (χ3n) is 3.32. The Labute approximate surface area is 114 Å². The third kappa shape index (κ3) is 3.24. The van der Waals surface area contributed by atoms with Crippen molar-refractivity contribution in [3.63, 3.8) is 0 Å². The van der Waals surface area contributed by atoms with Gasteiger partial charge in [0, 0.05) is 23.6 Å². The molecule has 100 valence electrons. The summed E-state index contributed by atoms with van der Waals surface area (Å²) in [5.74, 6) is -0.186. The lowest BCUT2D eigenvalue weighted by Crippen LogP contribution is -2.25. The van der Waals surface area contributed by atoms with Gasteiger partial charge >= 0.3 is 0 Å². The highest BCUT2D eigenvalue weighted by molar-refractivity contribution is 5.85. The second-order valence-corrected chi connectivity index (χ2v) is 4.28. The smallest absolute Gasteiger partial charge is 0.125 e. The van der Waals surface area contributed by atoms with E-state index in [2.05, 4.69) is 23.7 Å². The fourth-order valence-electron chi connectivity index (χ4n) is 2.18. The number of rotatable bonds is 5. The first-order valence-corrected chi connectivity index (χ1v) is 6.22. The van der Waals surface area contributed by atoms with E-state index in [1.54, 1.807) is 6.07 Å². The number of nitrogens with zero attached hydrogens (tertiary/aromatic N) is 1. The van der Waals surface area contributed by atoms with Gasteiger partial charge in [-0.2, -0.15) is 0 Å². The zero-order valence-electron chi connectivity index (χ0n) is 10.9. The molecule has 18 heavy (non-hydrogen) atoms. The molecule has 0 fully saturated rings. The summed E-state index contributed by atoms with van der Waals surface area (Å²) < 4.78 is 13.0. The molecule has 1 aromatic heterocycles. The fourth-order valence-corrected chi connectivity index (χ4v) is 2.18. The molecule has 2 rings (SSSR count). The molecule has 0 aliphatic rings. The quantitative estimate of drug-likeness (QED) is 0.879. The molecule has 4 heteroatoms. The lowest BCUT2D eigenvalue weighted by molar-refractivity contribution is 0.308. The van der Waals surface area contributed by atoms with Crippen LogP contribution in [-0.2, 0) is 6.42 Å². The minimum atomic E-state index is -0.186. The maximum atomic E-state index is 13.0. The van der Waals surface area contributed by atoms with Gasteiger partial charge in [-0.3, -0.25) is 0 Å². The van der Waals surface area contributed by atoms with Crippen molar-refractivity contribution in [3.05, 3.63) is 35.8 Å². The molecule has 2 nitrogen and oxygen atoms in total. The van der Waals surface area contributed by atoms with Crippen LogP contribution in [0.2, 0.25) is 0 Å². The van der Waals surface area contributed by atoms with Crippen LogP contribution in [0.25, 0.3) is 10.9 Å². The molecule has 1 heterocycles. The number of hydrogen-bond donors (Lipinski definition) is 1. The molecule has 1 N–H and O–H groups in total. The van der Waals surface area contributed by atoms with Gasteiger partial charge < -0.3 is 9.88 Å². The Kier molecular flexibility index (Phi) is 5.63. The highest BCUT2D eigenvalue weighted by atomic mass is 35.5. The van der Waals surface area contributed by atoms with Gasteiger partial charge in [0.1, 0.15) is 5.82 Å². The van der Waals surface area contributed by atoms with Crippen molar-refractivity contribution >= 4 is 23.3 Å². The van der Waals surface area contributed by atoms with Crippen LogP contribution in [0.5, 0.6) is 0 Å². The van der Waals surface area contributed by atoms with Crippen LogP contribution in [0.3, 0.4) is 0 Å². The van der Waals surface area contributed by atoms with E-state index in [1.807, 2.05) is 12.3 Å². The molecule has 2 aromatic rings. The number of halogens is 2. The van der Waals surface area contributed by atoms with Crippen LogP contribution < -0.4 is 0 Å². The summed E-state index contributed by atoms with van der Waals surface area (Å²) in [7, 11) is 0. The van der Waals surface area contributed by atoms with E-state index >= 15 is 0 Å². The average molecular weight is 271 g/mol. The average Bonchev–Trinajstić information content (AvgIpc) is 2.73. The van der Waals surface area contributed by atoms with Crippen LogP contribution in [0.1, 0.15) is 19.4 Å². The summed E-state index contributed by atoms with van der Waals surface area (Å²) in [5.41, 5.74) is 2.16. The molecule has 1 aromatic carbocycles. The minimum Gasteiger partial charge on any atom is -0.361 e. The minimum absolute atomic E-state index is 0. The van der Waals surface area contributed by atoms with Gasteiger partial charge in [0.2, 0.25) is 0 Å². The first-order chi connectivity index (χ1) is 8.24. The Balaban J connectivity index is 0.00000162. The van der Waals surface area contributed by atoms with Crippen molar-refractivity contribution in [1.29, 1.82) is 0 Å². The van der Waals surface area contributed by atoms with E-state index in [9.17, 15) is 4.39 Å². The Morgan fingerprint density at radius 1 is 1.22 bits per heavy atom. The van der Waals surface area contributed by atoms with Crippen LogP contribution in [0.15, 0.2) is 24.4 Å². The second-order valence-electron chi connectivity index (χ2n) is 4.28. The van der Waals surface area contributed by atoms with Gasteiger partial charge in [-0.1, -0.05) is 13.8 Å². The molecule has 0 bridgehead atoms. The van der Waals surface area contributed by atoms with Crippen LogP contribution in [0.4, 0.5) is 4.39 Å². The van der Waals surface area contributed by atoms with Gasteiger partial charge in [-0.25, -0.2) is 4.39 Å². The monoisotopic (exact) mass is 270 g/mol. The molecule has 0 unspecified atom stereocenters. The third-order valence-corrected chi connectivity index (χ3v) is 3.32. The van der Waals surface area contributed by atoms with Crippen molar-refractivity contribution in [3.8, 4) is 0 Å². The summed E-state index contributed by atoms with van der Waals surface area (Å²) in [4.78, 5) is 5.52. The largest absolute Gasteiger partial charge is 0.361 e. The zero-order valence-corrected chi connectivity index (χ0v) is 11.7. The molecule has 0 saturated carbocycles. The predicted octanol–water partition coefficient (Wildman–Crippen LogP) is 3.61. The highest BCUT2D eigenvalue weighted by Gasteiger charge is 2.06. The molecular weight excluding hydrogens is 251 g/mol. The number of H-pyrrole nitrogens is 1. The first-order valence-electron chi connectivity index (χ1n) is 6.22. The number of likely N-dealkylation sites (N-methyl/N-ethyl adjacent to an activating group) is 1. The number of aromatic amines is 1. The van der Waals surface area contributed by atoms with Crippen LogP contribution in [-0.4, -0.2) is 29.5 Å². The SMILES string of the molecule is CCN(CC)CCc1c[nH]c2cc(F)ccc12.Cl. The molecule has 0 aliphatic carbocycles. The fraction of sp³-hybridized carbons (Fsp3) is 0.429. The Hall–Kier alpha value is -1.06. The van der Waals surface area contributed by atoms with Crippen molar-refractivity contribution in [2.75, 3.05) is 19.6 Å². The summed E-state index contributed by atoms with van der Waals surface area (Å²) in [6.07, 6.45) is 3.00. The molecule has 0 aliphatic heterocycles. The molecule has 0 saturated heterocycles.